The van der Waals surface area contributed by atoms with Crippen LogP contribution in [0.25, 0.3) is 0 Å². The van der Waals surface area contributed by atoms with E-state index < -0.39 is 0 Å². The molecule has 0 fully saturated rings. The summed E-state index contributed by atoms with van der Waals surface area (Å²) in [5, 5.41) is 3.60. The number of nitrogens with one attached hydrogen (secondary N) is 1. The molecule has 4 heteroatoms. The van der Waals surface area contributed by atoms with Crippen molar-refractivity contribution in [1.82, 2.24) is 19.9 Å². The van der Waals surface area contributed by atoms with Crippen molar-refractivity contribution < 1.29 is 0 Å². The Labute approximate surface area is 127 Å². The van der Waals surface area contributed by atoms with Crippen LogP contribution < -0.4 is 5.32 Å². The molecule has 2 rings (SSSR count). The van der Waals surface area contributed by atoms with Gasteiger partial charge >= 0.3 is 0 Å². The second-order valence-electron chi connectivity index (χ2n) is 5.28. The van der Waals surface area contributed by atoms with Crippen molar-refractivity contribution in [2.24, 2.45) is 0 Å². The summed E-state index contributed by atoms with van der Waals surface area (Å²) in [6, 6.07) is 2.44. The Kier molecular flexibility index (Phi) is 5.93. The average Bonchev–Trinajstić information content (AvgIpc) is 2.94. The molecule has 0 spiro atoms. The lowest BCUT2D eigenvalue weighted by atomic mass is 9.98. The highest BCUT2D eigenvalue weighted by atomic mass is 15.1. The maximum absolute atomic E-state index is 4.55. The van der Waals surface area contributed by atoms with E-state index in [0.29, 0.717) is 6.04 Å². The van der Waals surface area contributed by atoms with Crippen LogP contribution in [0.5, 0.6) is 0 Å². The first kappa shape index (κ1) is 15.7. The molecule has 0 amide bonds. The van der Waals surface area contributed by atoms with E-state index in [9.17, 15) is 0 Å². The Morgan fingerprint density at radius 3 is 2.81 bits per heavy atom. The van der Waals surface area contributed by atoms with E-state index in [0.717, 1.165) is 38.2 Å². The van der Waals surface area contributed by atoms with E-state index in [1.165, 1.54) is 11.1 Å². The van der Waals surface area contributed by atoms with Gasteiger partial charge in [-0.15, -0.1) is 0 Å². The zero-order valence-corrected chi connectivity index (χ0v) is 13.3. The van der Waals surface area contributed by atoms with E-state index in [4.69, 9.17) is 0 Å². The Bertz CT molecular complexity index is 547. The van der Waals surface area contributed by atoms with E-state index in [-0.39, 0.29) is 0 Å². The van der Waals surface area contributed by atoms with Crippen LogP contribution in [0.4, 0.5) is 0 Å². The number of rotatable bonds is 8. The fourth-order valence-electron chi connectivity index (χ4n) is 2.77. The van der Waals surface area contributed by atoms with Crippen LogP contribution in [0.3, 0.4) is 0 Å². The van der Waals surface area contributed by atoms with Gasteiger partial charge in [0.05, 0.1) is 0 Å². The molecule has 0 aliphatic carbocycles. The van der Waals surface area contributed by atoms with E-state index in [1.54, 1.807) is 0 Å². The van der Waals surface area contributed by atoms with Crippen molar-refractivity contribution in [2.75, 3.05) is 6.54 Å². The van der Waals surface area contributed by atoms with Gasteiger partial charge in [-0.1, -0.05) is 20.8 Å². The molecule has 114 valence electrons. The molecule has 0 saturated heterocycles. The molecule has 2 heterocycles. The minimum absolute atomic E-state index is 0.297. The molecule has 0 aromatic carbocycles. The summed E-state index contributed by atoms with van der Waals surface area (Å²) in [4.78, 5) is 8.80. The molecule has 4 nitrogen and oxygen atoms in total. The lowest BCUT2D eigenvalue weighted by Crippen LogP contribution is -2.25. The molecular formula is C17H26N4. The summed E-state index contributed by atoms with van der Waals surface area (Å²) in [5.41, 5.74) is 2.66. The Morgan fingerprint density at radius 1 is 1.24 bits per heavy atom. The standard InChI is InChI=1S/C17H26N4/c1-4-10-21-11-9-20-17(21)12-16(19-6-3)15-7-8-18-13-14(15)5-2/h7-9,11,13,16,19H,4-6,10,12H2,1-3H3. The summed E-state index contributed by atoms with van der Waals surface area (Å²) in [6.45, 7) is 8.51. The van der Waals surface area contributed by atoms with Gasteiger partial charge in [0.1, 0.15) is 5.82 Å². The topological polar surface area (TPSA) is 42.7 Å². The number of pyridine rings is 1. The summed E-state index contributed by atoms with van der Waals surface area (Å²) in [5.74, 6) is 1.15. The molecule has 0 bridgehead atoms. The molecule has 2 aromatic heterocycles. The van der Waals surface area contributed by atoms with Crippen LogP contribution in [0.15, 0.2) is 30.9 Å². The van der Waals surface area contributed by atoms with Crippen molar-refractivity contribution in [2.45, 2.75) is 52.6 Å². The Morgan fingerprint density at radius 2 is 2.10 bits per heavy atom. The Balaban J connectivity index is 2.24. The first-order chi connectivity index (χ1) is 10.3. The second-order valence-corrected chi connectivity index (χ2v) is 5.28. The van der Waals surface area contributed by atoms with Crippen molar-refractivity contribution in [3.05, 3.63) is 47.8 Å². The summed E-state index contributed by atoms with van der Waals surface area (Å²) >= 11 is 0. The normalized spacial score (nSPS) is 12.5. The van der Waals surface area contributed by atoms with E-state index in [2.05, 4.69) is 52.9 Å². The molecule has 1 unspecified atom stereocenters. The van der Waals surface area contributed by atoms with Gasteiger partial charge in [0.15, 0.2) is 0 Å². The highest BCUT2D eigenvalue weighted by Crippen LogP contribution is 2.21. The lowest BCUT2D eigenvalue weighted by molar-refractivity contribution is 0.513. The third kappa shape index (κ3) is 3.91. The molecule has 1 atom stereocenters. The van der Waals surface area contributed by atoms with Crippen LogP contribution in [-0.4, -0.2) is 21.1 Å². The van der Waals surface area contributed by atoms with Crippen LogP contribution in [0.2, 0.25) is 0 Å². The third-order valence-electron chi connectivity index (χ3n) is 3.80. The van der Waals surface area contributed by atoms with Gasteiger partial charge in [0.2, 0.25) is 0 Å². The zero-order valence-electron chi connectivity index (χ0n) is 13.3. The molecule has 21 heavy (non-hydrogen) atoms. The van der Waals surface area contributed by atoms with Crippen molar-refractivity contribution in [3.63, 3.8) is 0 Å². The van der Waals surface area contributed by atoms with Crippen LogP contribution in [0.1, 0.15) is 50.2 Å². The predicted molar refractivity (Wildman–Crippen MR) is 86.3 cm³/mol. The summed E-state index contributed by atoms with van der Waals surface area (Å²) < 4.78 is 2.26. The number of aryl methyl sites for hydroxylation is 2. The van der Waals surface area contributed by atoms with Gasteiger partial charge in [-0.25, -0.2) is 4.98 Å². The summed E-state index contributed by atoms with van der Waals surface area (Å²) in [7, 11) is 0. The number of imidazole rings is 1. The fourth-order valence-corrected chi connectivity index (χ4v) is 2.77. The zero-order chi connectivity index (χ0) is 15.1. The van der Waals surface area contributed by atoms with Crippen molar-refractivity contribution in [1.29, 1.82) is 0 Å². The largest absolute Gasteiger partial charge is 0.335 e. The fraction of sp³-hybridized carbons (Fsp3) is 0.529. The molecule has 1 N–H and O–H groups in total. The van der Waals surface area contributed by atoms with Crippen LogP contribution in [-0.2, 0) is 19.4 Å². The van der Waals surface area contributed by atoms with Crippen LogP contribution in [0, 0.1) is 0 Å². The van der Waals surface area contributed by atoms with Gasteiger partial charge < -0.3 is 9.88 Å². The van der Waals surface area contributed by atoms with Gasteiger partial charge in [-0.05, 0) is 36.6 Å². The SMILES string of the molecule is CCCn1ccnc1CC(NCC)c1ccncc1CC. The van der Waals surface area contributed by atoms with Gasteiger partial charge in [0, 0.05) is 43.8 Å². The minimum atomic E-state index is 0.297. The number of nitrogens with zero attached hydrogens (tertiary/aromatic N) is 3. The van der Waals surface area contributed by atoms with Crippen molar-refractivity contribution in [3.8, 4) is 0 Å². The first-order valence-electron chi connectivity index (χ1n) is 7.96. The molecule has 0 radical (unpaired) electrons. The highest BCUT2D eigenvalue weighted by molar-refractivity contribution is 5.27. The smallest absolute Gasteiger partial charge is 0.110 e. The average molecular weight is 286 g/mol. The lowest BCUT2D eigenvalue weighted by Gasteiger charge is -2.21. The minimum Gasteiger partial charge on any atom is -0.335 e. The van der Waals surface area contributed by atoms with Gasteiger partial charge in [0.25, 0.3) is 0 Å². The maximum atomic E-state index is 4.55. The molecule has 0 saturated carbocycles. The van der Waals surface area contributed by atoms with Gasteiger partial charge in [-0.2, -0.15) is 0 Å². The van der Waals surface area contributed by atoms with Gasteiger partial charge in [-0.3, -0.25) is 4.98 Å². The quantitative estimate of drug-likeness (QED) is 0.810. The van der Waals surface area contributed by atoms with E-state index >= 15 is 0 Å². The third-order valence-corrected chi connectivity index (χ3v) is 3.80. The molecule has 2 aromatic rings. The number of aromatic nitrogens is 3. The molecule has 0 aliphatic rings. The summed E-state index contributed by atoms with van der Waals surface area (Å²) in [6.07, 6.45) is 10.9. The van der Waals surface area contributed by atoms with Crippen LogP contribution >= 0.6 is 0 Å². The van der Waals surface area contributed by atoms with E-state index in [1.807, 2.05) is 18.6 Å². The number of hydrogen-bond acceptors (Lipinski definition) is 3. The number of hydrogen-bond donors (Lipinski definition) is 1. The first-order valence-corrected chi connectivity index (χ1v) is 7.96. The predicted octanol–water partition coefficient (Wildman–Crippen LogP) is 3.14. The molecular weight excluding hydrogens is 260 g/mol. The second kappa shape index (κ2) is 7.93. The maximum Gasteiger partial charge on any atom is 0.110 e. The highest BCUT2D eigenvalue weighted by Gasteiger charge is 2.17. The van der Waals surface area contributed by atoms with Crippen molar-refractivity contribution >= 4 is 0 Å². The Hall–Kier alpha value is -1.68. The monoisotopic (exact) mass is 286 g/mol. The molecule has 0 aliphatic heterocycles. The number of likely N-dealkylation sites (N-methyl/N-ethyl adjacent to an activating group) is 1.